The number of fused-ring (bicyclic) bond motifs is 2. The number of halogens is 3. The number of alkyl halides is 3. The van der Waals surface area contributed by atoms with Gasteiger partial charge in [-0.25, -0.2) is 9.78 Å². The Labute approximate surface area is 160 Å². The summed E-state index contributed by atoms with van der Waals surface area (Å²) in [5.41, 5.74) is -1.06. The maximum absolute atomic E-state index is 13.2. The van der Waals surface area contributed by atoms with Crippen molar-refractivity contribution < 1.29 is 22.7 Å². The van der Waals surface area contributed by atoms with Gasteiger partial charge in [0.2, 0.25) is 5.88 Å². The molecule has 5 nitrogen and oxygen atoms in total. The number of pyridine rings is 1. The molecule has 1 aromatic heterocycles. The van der Waals surface area contributed by atoms with Gasteiger partial charge in [0.1, 0.15) is 6.10 Å². The minimum atomic E-state index is -4.52. The fourth-order valence-electron chi connectivity index (χ4n) is 4.16. The van der Waals surface area contributed by atoms with Crippen LogP contribution in [0.25, 0.3) is 0 Å². The number of nitrogens with zero attached hydrogens (tertiary/aromatic N) is 2. The van der Waals surface area contributed by atoms with Crippen molar-refractivity contribution in [1.29, 1.82) is 0 Å². The molecule has 3 heterocycles. The van der Waals surface area contributed by atoms with E-state index < -0.39 is 17.8 Å². The number of para-hydroxylation sites is 1. The summed E-state index contributed by atoms with van der Waals surface area (Å²) in [6.07, 6.45) is 0.000950. The molecule has 1 aromatic carbocycles. The van der Waals surface area contributed by atoms with Crippen molar-refractivity contribution in [2.75, 3.05) is 5.32 Å². The summed E-state index contributed by atoms with van der Waals surface area (Å²) in [4.78, 5) is 18.6. The maximum Gasteiger partial charge on any atom is 0.418 e. The highest BCUT2D eigenvalue weighted by Crippen LogP contribution is 2.39. The van der Waals surface area contributed by atoms with E-state index in [0.29, 0.717) is 18.7 Å². The normalized spacial score (nSPS) is 24.1. The van der Waals surface area contributed by atoms with Gasteiger partial charge in [-0.2, -0.15) is 13.2 Å². The first-order chi connectivity index (χ1) is 13.4. The lowest BCUT2D eigenvalue weighted by Crippen LogP contribution is -2.51. The molecule has 2 aromatic rings. The number of hydrogen-bond donors (Lipinski definition) is 1. The number of rotatable bonds is 3. The topological polar surface area (TPSA) is 54.5 Å². The Bertz CT molecular complexity index is 830. The van der Waals surface area contributed by atoms with Crippen LogP contribution in [0.3, 0.4) is 0 Å². The molecule has 2 aliphatic rings. The van der Waals surface area contributed by atoms with E-state index >= 15 is 0 Å². The molecule has 1 N–H and O–H groups in total. The van der Waals surface area contributed by atoms with Crippen molar-refractivity contribution in [3.63, 3.8) is 0 Å². The molecule has 2 aliphatic heterocycles. The van der Waals surface area contributed by atoms with Crippen molar-refractivity contribution in [1.82, 2.24) is 9.88 Å². The SMILES string of the molecule is O=C(Nc1ccccc1C(F)(F)F)N1C2CCC1CC(Oc1ccccn1)C2. The number of urea groups is 1. The average molecular weight is 391 g/mol. The smallest absolute Gasteiger partial charge is 0.418 e. The number of benzene rings is 1. The highest BCUT2D eigenvalue weighted by atomic mass is 19.4. The number of hydrogen-bond acceptors (Lipinski definition) is 3. The largest absolute Gasteiger partial charge is 0.474 e. The van der Waals surface area contributed by atoms with E-state index in [4.69, 9.17) is 4.74 Å². The first-order valence-corrected chi connectivity index (χ1v) is 9.25. The van der Waals surface area contributed by atoms with Crippen molar-refractivity contribution in [2.45, 2.75) is 50.0 Å². The zero-order valence-corrected chi connectivity index (χ0v) is 15.0. The molecule has 2 saturated heterocycles. The van der Waals surface area contributed by atoms with Crippen LogP contribution in [0, 0.1) is 0 Å². The average Bonchev–Trinajstić information content (AvgIpc) is 2.93. The predicted octanol–water partition coefficient (Wildman–Crippen LogP) is 4.71. The molecule has 2 fully saturated rings. The van der Waals surface area contributed by atoms with Crippen LogP contribution in [-0.2, 0) is 6.18 Å². The van der Waals surface area contributed by atoms with Gasteiger partial charge in [0.25, 0.3) is 0 Å². The van der Waals surface area contributed by atoms with Gasteiger partial charge in [0.15, 0.2) is 0 Å². The number of nitrogens with one attached hydrogen (secondary N) is 1. The third-order valence-electron chi connectivity index (χ3n) is 5.32. The number of ether oxygens (including phenoxy) is 1. The molecule has 8 heteroatoms. The van der Waals surface area contributed by atoms with E-state index in [0.717, 1.165) is 18.9 Å². The molecule has 0 spiro atoms. The summed E-state index contributed by atoms with van der Waals surface area (Å²) < 4.78 is 45.5. The zero-order valence-electron chi connectivity index (χ0n) is 15.0. The van der Waals surface area contributed by atoms with Crippen molar-refractivity contribution in [3.05, 3.63) is 54.2 Å². The van der Waals surface area contributed by atoms with E-state index in [2.05, 4.69) is 10.3 Å². The lowest BCUT2D eigenvalue weighted by atomic mass is 10.00. The first kappa shape index (κ1) is 18.6. The van der Waals surface area contributed by atoms with Crippen molar-refractivity contribution >= 4 is 11.7 Å². The summed E-state index contributed by atoms with van der Waals surface area (Å²) in [5, 5.41) is 2.47. The Hall–Kier alpha value is -2.77. The number of aromatic nitrogens is 1. The Morgan fingerprint density at radius 3 is 2.39 bits per heavy atom. The van der Waals surface area contributed by atoms with E-state index in [1.807, 2.05) is 12.1 Å². The molecule has 2 amide bonds. The Kier molecular flexibility index (Phi) is 4.87. The molecule has 0 saturated carbocycles. The van der Waals surface area contributed by atoms with Gasteiger partial charge in [-0.15, -0.1) is 0 Å². The van der Waals surface area contributed by atoms with Gasteiger partial charge < -0.3 is 15.0 Å². The highest BCUT2D eigenvalue weighted by Gasteiger charge is 2.44. The standard InChI is InChI=1S/C20H20F3N3O2/c21-20(22,23)16-5-1-2-6-17(16)25-19(27)26-13-8-9-14(26)12-15(11-13)28-18-7-3-4-10-24-18/h1-7,10,13-15H,8-9,11-12H2,(H,25,27). The molecule has 0 radical (unpaired) electrons. The molecule has 0 aliphatic carbocycles. The summed E-state index contributed by atoms with van der Waals surface area (Å²) in [6, 6.07) is 9.89. The number of carbonyl (C=O) groups is 1. The monoisotopic (exact) mass is 391 g/mol. The van der Waals surface area contributed by atoms with Gasteiger partial charge >= 0.3 is 12.2 Å². The van der Waals surface area contributed by atoms with Gasteiger partial charge in [-0.3, -0.25) is 0 Å². The van der Waals surface area contributed by atoms with Gasteiger partial charge in [-0.1, -0.05) is 18.2 Å². The fourth-order valence-corrected chi connectivity index (χ4v) is 4.16. The third-order valence-corrected chi connectivity index (χ3v) is 5.32. The second kappa shape index (κ2) is 7.33. The van der Waals surface area contributed by atoms with Crippen LogP contribution in [0.15, 0.2) is 48.7 Å². The van der Waals surface area contributed by atoms with Gasteiger partial charge in [0.05, 0.1) is 11.3 Å². The summed E-state index contributed by atoms with van der Waals surface area (Å²) in [7, 11) is 0. The lowest BCUT2D eigenvalue weighted by Gasteiger charge is -2.38. The van der Waals surface area contributed by atoms with Crippen LogP contribution >= 0.6 is 0 Å². The summed E-state index contributed by atoms with van der Waals surface area (Å²) in [6.45, 7) is 0. The van der Waals surface area contributed by atoms with Crippen molar-refractivity contribution in [3.8, 4) is 5.88 Å². The van der Waals surface area contributed by atoms with E-state index in [9.17, 15) is 18.0 Å². The van der Waals surface area contributed by atoms with Crippen LogP contribution in [0.2, 0.25) is 0 Å². The number of carbonyl (C=O) groups excluding carboxylic acids is 1. The van der Waals surface area contributed by atoms with E-state index in [1.54, 1.807) is 17.2 Å². The summed E-state index contributed by atoms with van der Waals surface area (Å²) >= 11 is 0. The quantitative estimate of drug-likeness (QED) is 0.825. The van der Waals surface area contributed by atoms with Crippen LogP contribution in [-0.4, -0.2) is 34.1 Å². The van der Waals surface area contributed by atoms with Crippen LogP contribution in [0.4, 0.5) is 23.7 Å². The van der Waals surface area contributed by atoms with E-state index in [1.165, 1.54) is 18.2 Å². The highest BCUT2D eigenvalue weighted by molar-refractivity contribution is 5.91. The van der Waals surface area contributed by atoms with Crippen LogP contribution in [0.5, 0.6) is 5.88 Å². The molecule has 4 rings (SSSR count). The summed E-state index contributed by atoms with van der Waals surface area (Å²) in [5.74, 6) is 0.545. The lowest BCUT2D eigenvalue weighted by molar-refractivity contribution is -0.136. The molecule has 28 heavy (non-hydrogen) atoms. The van der Waals surface area contributed by atoms with Crippen LogP contribution < -0.4 is 10.1 Å². The third kappa shape index (κ3) is 3.76. The maximum atomic E-state index is 13.2. The Morgan fingerprint density at radius 2 is 1.75 bits per heavy atom. The molecule has 2 unspecified atom stereocenters. The Balaban J connectivity index is 1.45. The second-order valence-corrected chi connectivity index (χ2v) is 7.15. The minimum absolute atomic E-state index is 0.0505. The van der Waals surface area contributed by atoms with Crippen LogP contribution in [0.1, 0.15) is 31.2 Å². The number of anilines is 1. The van der Waals surface area contributed by atoms with E-state index in [-0.39, 0.29) is 23.9 Å². The molecular weight excluding hydrogens is 371 g/mol. The first-order valence-electron chi connectivity index (χ1n) is 9.25. The zero-order chi connectivity index (χ0) is 19.7. The van der Waals surface area contributed by atoms with Gasteiger partial charge in [-0.05, 0) is 31.0 Å². The second-order valence-electron chi connectivity index (χ2n) is 7.15. The fraction of sp³-hybridized carbons (Fsp3) is 0.400. The number of piperidine rings is 1. The molecule has 2 bridgehead atoms. The van der Waals surface area contributed by atoms with Gasteiger partial charge in [0, 0.05) is 37.2 Å². The Morgan fingerprint density at radius 1 is 1.07 bits per heavy atom. The predicted molar refractivity (Wildman–Crippen MR) is 97.0 cm³/mol. The minimum Gasteiger partial charge on any atom is -0.474 e. The van der Waals surface area contributed by atoms with Crippen molar-refractivity contribution in [2.24, 2.45) is 0 Å². The molecule has 148 valence electrons. The number of amides is 2. The molecule has 2 atom stereocenters. The molecular formula is C20H20F3N3O2.